The molecule has 0 bridgehead atoms. The van der Waals surface area contributed by atoms with Crippen LogP contribution in [0.3, 0.4) is 0 Å². The monoisotopic (exact) mass is 282 g/mol. The van der Waals surface area contributed by atoms with Gasteiger partial charge < -0.3 is 5.32 Å². The van der Waals surface area contributed by atoms with E-state index < -0.39 is 10.0 Å². The Morgan fingerprint density at radius 2 is 2.00 bits per heavy atom. The fraction of sp³-hybridized carbons (Fsp3) is 0.571. The minimum atomic E-state index is -3.32. The number of sulfonamides is 1. The van der Waals surface area contributed by atoms with Gasteiger partial charge in [0.1, 0.15) is 0 Å². The molecule has 0 spiro atoms. The summed E-state index contributed by atoms with van der Waals surface area (Å²) in [5.74, 6) is 0. The molecular formula is C14H22N2O2S. The molecule has 2 rings (SSSR count). The van der Waals surface area contributed by atoms with Crippen LogP contribution in [-0.4, -0.2) is 32.4 Å². The van der Waals surface area contributed by atoms with E-state index in [4.69, 9.17) is 0 Å². The zero-order chi connectivity index (χ0) is 13.9. The second-order valence-corrected chi connectivity index (χ2v) is 6.88. The molecule has 0 amide bonds. The molecule has 106 valence electrons. The largest absolute Gasteiger partial charge is 0.316 e. The van der Waals surface area contributed by atoms with Crippen molar-refractivity contribution in [2.45, 2.75) is 43.7 Å². The average Bonchev–Trinajstić information content (AvgIpc) is 2.89. The van der Waals surface area contributed by atoms with Crippen molar-refractivity contribution in [3.05, 3.63) is 29.8 Å². The summed E-state index contributed by atoms with van der Waals surface area (Å²) in [6.07, 6.45) is 2.83. The van der Waals surface area contributed by atoms with Crippen LogP contribution in [-0.2, 0) is 16.6 Å². The smallest absolute Gasteiger partial charge is 0.243 e. The number of hydrogen-bond acceptors (Lipinski definition) is 3. The molecule has 5 heteroatoms. The van der Waals surface area contributed by atoms with Gasteiger partial charge in [-0.3, -0.25) is 0 Å². The minimum absolute atomic E-state index is 0.169. The molecule has 1 fully saturated rings. The number of benzene rings is 1. The fourth-order valence-corrected chi connectivity index (χ4v) is 4.42. The van der Waals surface area contributed by atoms with Crippen LogP contribution < -0.4 is 5.32 Å². The van der Waals surface area contributed by atoms with E-state index in [-0.39, 0.29) is 6.04 Å². The van der Waals surface area contributed by atoms with Crippen LogP contribution in [0.15, 0.2) is 29.2 Å². The third-order valence-corrected chi connectivity index (χ3v) is 5.67. The predicted molar refractivity (Wildman–Crippen MR) is 76.4 cm³/mol. The third-order valence-electron chi connectivity index (χ3n) is 3.71. The van der Waals surface area contributed by atoms with Crippen LogP contribution in [0.1, 0.15) is 31.7 Å². The molecule has 0 saturated carbocycles. The predicted octanol–water partition coefficient (Wildman–Crippen LogP) is 1.97. The molecule has 1 atom stereocenters. The van der Waals surface area contributed by atoms with E-state index in [1.807, 2.05) is 19.2 Å². The molecule has 1 aromatic rings. The Kier molecular flexibility index (Phi) is 4.60. The number of rotatable bonds is 5. The molecule has 1 unspecified atom stereocenters. The van der Waals surface area contributed by atoms with Crippen LogP contribution in [0.2, 0.25) is 0 Å². The second kappa shape index (κ2) is 6.03. The van der Waals surface area contributed by atoms with E-state index in [0.717, 1.165) is 31.4 Å². The van der Waals surface area contributed by atoms with Gasteiger partial charge in [0.2, 0.25) is 10.0 Å². The van der Waals surface area contributed by atoms with Crippen molar-refractivity contribution in [2.75, 3.05) is 13.6 Å². The lowest BCUT2D eigenvalue weighted by atomic mass is 10.2. The van der Waals surface area contributed by atoms with E-state index >= 15 is 0 Å². The van der Waals surface area contributed by atoms with Crippen molar-refractivity contribution in [2.24, 2.45) is 0 Å². The third kappa shape index (κ3) is 2.99. The highest BCUT2D eigenvalue weighted by Crippen LogP contribution is 2.27. The molecule has 0 aliphatic carbocycles. The lowest BCUT2D eigenvalue weighted by Gasteiger charge is -2.23. The number of hydrogen-bond donors (Lipinski definition) is 1. The molecule has 0 radical (unpaired) electrons. The van der Waals surface area contributed by atoms with E-state index in [0.29, 0.717) is 11.4 Å². The molecule has 1 aliphatic rings. The summed E-state index contributed by atoms with van der Waals surface area (Å²) in [6, 6.07) is 7.35. The van der Waals surface area contributed by atoms with E-state index in [9.17, 15) is 8.42 Å². The van der Waals surface area contributed by atoms with Crippen molar-refractivity contribution >= 4 is 10.0 Å². The summed E-state index contributed by atoms with van der Waals surface area (Å²) < 4.78 is 26.8. The van der Waals surface area contributed by atoms with E-state index in [1.165, 1.54) is 0 Å². The van der Waals surface area contributed by atoms with Gasteiger partial charge >= 0.3 is 0 Å². The summed E-state index contributed by atoms with van der Waals surface area (Å²) in [6.45, 7) is 3.45. The fourth-order valence-electron chi connectivity index (χ4n) is 2.65. The van der Waals surface area contributed by atoms with Crippen molar-refractivity contribution in [1.82, 2.24) is 9.62 Å². The molecule has 4 nitrogen and oxygen atoms in total. The Morgan fingerprint density at radius 3 is 2.58 bits per heavy atom. The lowest BCUT2D eigenvalue weighted by Crippen LogP contribution is -2.35. The standard InChI is InChI=1S/C14H22N2O2S/c1-3-13-5-4-10-16(13)19(17,18)14-8-6-12(7-9-14)11-15-2/h6-9,13,15H,3-5,10-11H2,1-2H3. The highest BCUT2D eigenvalue weighted by atomic mass is 32.2. The van der Waals surface area contributed by atoms with Gasteiger partial charge in [0, 0.05) is 19.1 Å². The van der Waals surface area contributed by atoms with Gasteiger partial charge in [-0.05, 0) is 44.0 Å². The quantitative estimate of drug-likeness (QED) is 0.898. The minimum Gasteiger partial charge on any atom is -0.316 e. The maximum absolute atomic E-state index is 12.6. The zero-order valence-electron chi connectivity index (χ0n) is 11.6. The van der Waals surface area contributed by atoms with E-state index in [1.54, 1.807) is 16.4 Å². The summed E-state index contributed by atoms with van der Waals surface area (Å²) in [5.41, 5.74) is 1.09. The normalized spacial score (nSPS) is 20.8. The number of nitrogens with one attached hydrogen (secondary N) is 1. The summed E-state index contributed by atoms with van der Waals surface area (Å²) in [5, 5.41) is 3.05. The Balaban J connectivity index is 2.24. The molecular weight excluding hydrogens is 260 g/mol. The second-order valence-electron chi connectivity index (χ2n) is 4.99. The maximum Gasteiger partial charge on any atom is 0.243 e. The first-order valence-electron chi connectivity index (χ1n) is 6.85. The number of nitrogens with zero attached hydrogens (tertiary/aromatic N) is 1. The van der Waals surface area contributed by atoms with Crippen LogP contribution in [0, 0.1) is 0 Å². The van der Waals surface area contributed by atoms with E-state index in [2.05, 4.69) is 12.2 Å². The van der Waals surface area contributed by atoms with Gasteiger partial charge in [0.05, 0.1) is 4.90 Å². The van der Waals surface area contributed by atoms with Crippen LogP contribution >= 0.6 is 0 Å². The van der Waals surface area contributed by atoms with Gasteiger partial charge in [0.15, 0.2) is 0 Å². The van der Waals surface area contributed by atoms with Crippen LogP contribution in [0.4, 0.5) is 0 Å². The lowest BCUT2D eigenvalue weighted by molar-refractivity contribution is 0.379. The van der Waals surface area contributed by atoms with Gasteiger partial charge in [-0.2, -0.15) is 4.31 Å². The van der Waals surface area contributed by atoms with Gasteiger partial charge in [0.25, 0.3) is 0 Å². The SMILES string of the molecule is CCC1CCCN1S(=O)(=O)c1ccc(CNC)cc1. The molecule has 1 saturated heterocycles. The molecule has 1 heterocycles. The molecule has 19 heavy (non-hydrogen) atoms. The van der Waals surface area contributed by atoms with Gasteiger partial charge in [-0.15, -0.1) is 0 Å². The first kappa shape index (κ1) is 14.5. The van der Waals surface area contributed by atoms with Crippen molar-refractivity contribution < 1.29 is 8.42 Å². The highest BCUT2D eigenvalue weighted by molar-refractivity contribution is 7.89. The Labute approximate surface area is 115 Å². The first-order valence-corrected chi connectivity index (χ1v) is 8.29. The molecule has 0 aromatic heterocycles. The molecule has 1 aromatic carbocycles. The highest BCUT2D eigenvalue weighted by Gasteiger charge is 2.33. The maximum atomic E-state index is 12.6. The van der Waals surface area contributed by atoms with Crippen LogP contribution in [0.5, 0.6) is 0 Å². The van der Waals surface area contributed by atoms with Gasteiger partial charge in [-0.25, -0.2) is 8.42 Å². The Bertz CT molecular complexity index is 511. The van der Waals surface area contributed by atoms with Crippen molar-refractivity contribution in [1.29, 1.82) is 0 Å². The first-order chi connectivity index (χ1) is 9.09. The average molecular weight is 282 g/mol. The topological polar surface area (TPSA) is 49.4 Å². The van der Waals surface area contributed by atoms with Crippen molar-refractivity contribution in [3.63, 3.8) is 0 Å². The summed E-state index contributed by atoms with van der Waals surface area (Å²) in [4.78, 5) is 0.410. The Morgan fingerprint density at radius 1 is 1.32 bits per heavy atom. The van der Waals surface area contributed by atoms with Crippen molar-refractivity contribution in [3.8, 4) is 0 Å². The van der Waals surface area contributed by atoms with Gasteiger partial charge in [-0.1, -0.05) is 19.1 Å². The Hall–Kier alpha value is -0.910. The molecule has 1 N–H and O–H groups in total. The van der Waals surface area contributed by atoms with Crippen LogP contribution in [0.25, 0.3) is 0 Å². The summed E-state index contributed by atoms with van der Waals surface area (Å²) in [7, 11) is -1.44. The zero-order valence-corrected chi connectivity index (χ0v) is 12.4. The molecule has 1 aliphatic heterocycles. The summed E-state index contributed by atoms with van der Waals surface area (Å²) >= 11 is 0.